The second-order valence-corrected chi connectivity index (χ2v) is 5.47. The fourth-order valence-corrected chi connectivity index (χ4v) is 1.38. The van der Waals surface area contributed by atoms with Gasteiger partial charge in [0, 0.05) is 7.11 Å². The summed E-state index contributed by atoms with van der Waals surface area (Å²) in [5.74, 6) is 0. The highest BCUT2D eigenvalue weighted by molar-refractivity contribution is 5.60. The van der Waals surface area contributed by atoms with Crippen molar-refractivity contribution in [1.82, 2.24) is 0 Å². The minimum absolute atomic E-state index is 0.0280. The Morgan fingerprint density at radius 1 is 0.769 bits per heavy atom. The topological polar surface area (TPSA) is 119 Å². The van der Waals surface area contributed by atoms with Crippen LogP contribution in [0.3, 0.4) is 0 Å². The van der Waals surface area contributed by atoms with E-state index in [4.69, 9.17) is 33.5 Å². The van der Waals surface area contributed by atoms with Crippen LogP contribution in [-0.2, 0) is 33.2 Å². The zero-order chi connectivity index (χ0) is 19.8. The molecular weight excluding hydrogens is 352 g/mol. The lowest BCUT2D eigenvalue weighted by Gasteiger charge is -2.14. The van der Waals surface area contributed by atoms with Crippen LogP contribution in [0.25, 0.3) is 0 Å². The molecule has 0 aliphatic rings. The van der Waals surface area contributed by atoms with Crippen molar-refractivity contribution in [2.45, 2.75) is 39.1 Å². The summed E-state index contributed by atoms with van der Waals surface area (Å²) in [6, 6.07) is 0. The van der Waals surface area contributed by atoms with Crippen molar-refractivity contribution in [3.05, 3.63) is 0 Å². The lowest BCUT2D eigenvalue weighted by molar-refractivity contribution is -0.0420. The molecule has 0 aliphatic carbocycles. The van der Waals surface area contributed by atoms with Crippen LogP contribution in [0.15, 0.2) is 0 Å². The minimum atomic E-state index is -0.859. The molecule has 0 radical (unpaired) electrons. The highest BCUT2D eigenvalue weighted by atomic mass is 16.7. The lowest BCUT2D eigenvalue weighted by atomic mass is 10.4. The van der Waals surface area contributed by atoms with Crippen molar-refractivity contribution in [3.63, 3.8) is 0 Å². The molecule has 10 heteroatoms. The van der Waals surface area contributed by atoms with E-state index < -0.39 is 18.4 Å². The highest BCUT2D eigenvalue weighted by Crippen LogP contribution is 1.96. The third kappa shape index (κ3) is 15.9. The van der Waals surface area contributed by atoms with Gasteiger partial charge in [-0.3, -0.25) is 0 Å². The maximum atomic E-state index is 11.2. The molecule has 26 heavy (non-hydrogen) atoms. The largest absolute Gasteiger partial charge is 0.508 e. The molecule has 0 aromatic rings. The number of aliphatic hydroxyl groups excluding tert-OH is 1. The zero-order valence-corrected chi connectivity index (χ0v) is 15.8. The molecule has 0 amide bonds. The zero-order valence-electron chi connectivity index (χ0n) is 15.8. The molecule has 1 N–H and O–H groups in total. The number of hydrogen-bond donors (Lipinski definition) is 1. The molecule has 154 valence electrons. The maximum Gasteiger partial charge on any atom is 0.508 e. The minimum Gasteiger partial charge on any atom is -0.432 e. The first-order valence-corrected chi connectivity index (χ1v) is 8.34. The fourth-order valence-electron chi connectivity index (χ4n) is 1.38. The average Bonchev–Trinajstić information content (AvgIpc) is 2.61. The van der Waals surface area contributed by atoms with Gasteiger partial charge in [0.2, 0.25) is 0 Å². The van der Waals surface area contributed by atoms with Crippen molar-refractivity contribution in [2.24, 2.45) is 0 Å². The standard InChI is InChI=1S/C16H30O10/c1-12(17)9-25-15(18)23-6-5-21-10-14(3)22-7-8-24-16(19)26-11-13(2)20-4/h12-14,17H,5-11H2,1-4H3. The Labute approximate surface area is 153 Å². The SMILES string of the molecule is COC(C)COC(=O)OCCOC(C)COCCOC(=O)OCC(C)O. The molecule has 0 aromatic carbocycles. The summed E-state index contributed by atoms with van der Waals surface area (Å²) in [7, 11) is 1.52. The van der Waals surface area contributed by atoms with Crippen LogP contribution in [0.2, 0.25) is 0 Å². The van der Waals surface area contributed by atoms with Gasteiger partial charge in [0.15, 0.2) is 0 Å². The van der Waals surface area contributed by atoms with E-state index in [0.29, 0.717) is 0 Å². The van der Waals surface area contributed by atoms with E-state index in [-0.39, 0.29) is 58.5 Å². The van der Waals surface area contributed by atoms with Gasteiger partial charge in [0.1, 0.15) is 26.4 Å². The summed E-state index contributed by atoms with van der Waals surface area (Å²) in [5, 5.41) is 8.94. The van der Waals surface area contributed by atoms with Gasteiger partial charge in [-0.15, -0.1) is 0 Å². The summed E-state index contributed by atoms with van der Waals surface area (Å²) >= 11 is 0. The molecule has 3 unspecified atom stereocenters. The van der Waals surface area contributed by atoms with Gasteiger partial charge in [-0.2, -0.15) is 0 Å². The number of methoxy groups -OCH3 is 1. The Morgan fingerprint density at radius 3 is 1.92 bits per heavy atom. The monoisotopic (exact) mass is 382 g/mol. The Hall–Kier alpha value is -1.62. The van der Waals surface area contributed by atoms with Crippen LogP contribution in [0, 0.1) is 0 Å². The highest BCUT2D eigenvalue weighted by Gasteiger charge is 2.09. The summed E-state index contributed by atoms with van der Waals surface area (Å²) in [5.41, 5.74) is 0. The summed E-state index contributed by atoms with van der Waals surface area (Å²) in [4.78, 5) is 22.3. The van der Waals surface area contributed by atoms with Gasteiger partial charge in [-0.05, 0) is 20.8 Å². The number of aliphatic hydroxyl groups is 1. The molecule has 0 fully saturated rings. The molecule has 0 aliphatic heterocycles. The van der Waals surface area contributed by atoms with Crippen LogP contribution in [0.5, 0.6) is 0 Å². The third-order valence-corrected chi connectivity index (χ3v) is 2.79. The molecule has 0 aromatic heterocycles. The summed E-state index contributed by atoms with van der Waals surface area (Å²) in [6.45, 7) is 5.79. The molecule has 0 heterocycles. The van der Waals surface area contributed by atoms with E-state index in [0.717, 1.165) is 0 Å². The van der Waals surface area contributed by atoms with Gasteiger partial charge in [-0.1, -0.05) is 0 Å². The Kier molecular flexibility index (Phi) is 14.6. The maximum absolute atomic E-state index is 11.2. The van der Waals surface area contributed by atoms with Gasteiger partial charge >= 0.3 is 12.3 Å². The van der Waals surface area contributed by atoms with Crippen LogP contribution < -0.4 is 0 Å². The number of ether oxygens (including phenoxy) is 7. The van der Waals surface area contributed by atoms with Gasteiger partial charge in [0.05, 0.1) is 38.1 Å². The van der Waals surface area contributed by atoms with Crippen molar-refractivity contribution in [1.29, 1.82) is 0 Å². The second-order valence-electron chi connectivity index (χ2n) is 5.47. The first kappa shape index (κ1) is 24.4. The Morgan fingerprint density at radius 2 is 1.35 bits per heavy atom. The normalized spacial score (nSPS) is 14.2. The summed E-state index contributed by atoms with van der Waals surface area (Å²) < 4.78 is 34.6. The van der Waals surface area contributed by atoms with Crippen molar-refractivity contribution >= 4 is 12.3 Å². The average molecular weight is 382 g/mol. The number of hydrogen-bond acceptors (Lipinski definition) is 10. The predicted octanol–water partition coefficient (Wildman–Crippen LogP) is 1.13. The van der Waals surface area contributed by atoms with Gasteiger partial charge in [0.25, 0.3) is 0 Å². The van der Waals surface area contributed by atoms with E-state index in [1.807, 2.05) is 0 Å². The number of carbonyl (C=O) groups excluding carboxylic acids is 2. The van der Waals surface area contributed by atoms with Crippen molar-refractivity contribution in [3.8, 4) is 0 Å². The smallest absolute Gasteiger partial charge is 0.432 e. The first-order valence-electron chi connectivity index (χ1n) is 8.34. The number of rotatable bonds is 14. The molecule has 0 spiro atoms. The second kappa shape index (κ2) is 15.6. The van der Waals surface area contributed by atoms with Gasteiger partial charge < -0.3 is 38.3 Å². The van der Waals surface area contributed by atoms with E-state index in [2.05, 4.69) is 4.74 Å². The van der Waals surface area contributed by atoms with Crippen molar-refractivity contribution < 1.29 is 47.9 Å². The van der Waals surface area contributed by atoms with E-state index >= 15 is 0 Å². The van der Waals surface area contributed by atoms with Gasteiger partial charge in [-0.25, -0.2) is 9.59 Å². The quantitative estimate of drug-likeness (QED) is 0.346. The van der Waals surface area contributed by atoms with Crippen LogP contribution in [0.1, 0.15) is 20.8 Å². The summed E-state index contributed by atoms with van der Waals surface area (Å²) in [6.07, 6.45) is -2.80. The molecule has 0 bridgehead atoms. The molecule has 0 rings (SSSR count). The molecule has 0 saturated carbocycles. The van der Waals surface area contributed by atoms with E-state index in [9.17, 15) is 9.59 Å². The molecule has 10 nitrogen and oxygen atoms in total. The van der Waals surface area contributed by atoms with Crippen LogP contribution >= 0.6 is 0 Å². The van der Waals surface area contributed by atoms with Crippen LogP contribution in [-0.4, -0.2) is 89.1 Å². The number of carbonyl (C=O) groups is 2. The molecule has 3 atom stereocenters. The van der Waals surface area contributed by atoms with E-state index in [1.54, 1.807) is 13.8 Å². The Balaban J connectivity index is 3.48. The lowest BCUT2D eigenvalue weighted by Crippen LogP contribution is -2.23. The van der Waals surface area contributed by atoms with E-state index in [1.165, 1.54) is 14.0 Å². The van der Waals surface area contributed by atoms with Crippen LogP contribution in [0.4, 0.5) is 9.59 Å². The first-order chi connectivity index (χ1) is 12.3. The molecule has 0 saturated heterocycles. The predicted molar refractivity (Wildman–Crippen MR) is 89.0 cm³/mol. The Bertz CT molecular complexity index is 374. The fraction of sp³-hybridized carbons (Fsp3) is 0.875. The van der Waals surface area contributed by atoms with Crippen molar-refractivity contribution in [2.75, 3.05) is 53.4 Å². The molecular formula is C16H30O10. The third-order valence-electron chi connectivity index (χ3n) is 2.79.